The van der Waals surface area contributed by atoms with E-state index < -0.39 is 0 Å². The predicted octanol–water partition coefficient (Wildman–Crippen LogP) is 3.29. The van der Waals surface area contributed by atoms with E-state index in [0.717, 1.165) is 5.56 Å². The maximum Gasteiger partial charge on any atom is 0.220 e. The Balaban J connectivity index is 1.88. The van der Waals surface area contributed by atoms with Crippen molar-refractivity contribution in [3.05, 3.63) is 59.8 Å². The number of carbonyl (C=O) groups excluding carboxylic acids is 1. The average molecular weight is 298 g/mol. The first-order chi connectivity index (χ1) is 10.7. The molecule has 1 aromatic heterocycles. The predicted molar refractivity (Wildman–Crippen MR) is 86.7 cm³/mol. The molecule has 0 spiro atoms. The summed E-state index contributed by atoms with van der Waals surface area (Å²) < 4.78 is 5.46. The summed E-state index contributed by atoms with van der Waals surface area (Å²) >= 11 is 0. The maximum absolute atomic E-state index is 12.1. The normalized spacial score (nSPS) is 11.7. The molecular weight excluding hydrogens is 276 g/mol. The number of ether oxygens (including phenoxy) is 1. The van der Waals surface area contributed by atoms with Crippen molar-refractivity contribution in [1.82, 2.24) is 10.3 Å². The summed E-state index contributed by atoms with van der Waals surface area (Å²) in [5.74, 6) is 0.811. The van der Waals surface area contributed by atoms with Crippen LogP contribution in [0.1, 0.15) is 37.3 Å². The van der Waals surface area contributed by atoms with E-state index in [4.69, 9.17) is 4.74 Å². The number of rotatable bonds is 7. The van der Waals surface area contributed by atoms with E-state index in [-0.39, 0.29) is 11.8 Å². The van der Waals surface area contributed by atoms with Gasteiger partial charge in [0.15, 0.2) is 0 Å². The van der Waals surface area contributed by atoms with Crippen molar-refractivity contribution >= 4 is 5.91 Å². The SMILES string of the molecule is CCOc1ncccc1CNC(=O)CC(C)c1ccccc1. The minimum absolute atomic E-state index is 0.0302. The summed E-state index contributed by atoms with van der Waals surface area (Å²) in [5.41, 5.74) is 2.07. The molecule has 1 N–H and O–H groups in total. The number of nitrogens with zero attached hydrogens (tertiary/aromatic N) is 1. The minimum Gasteiger partial charge on any atom is -0.478 e. The number of aromatic nitrogens is 1. The van der Waals surface area contributed by atoms with Crippen molar-refractivity contribution in [3.8, 4) is 5.88 Å². The topological polar surface area (TPSA) is 51.2 Å². The molecule has 2 aromatic rings. The molecule has 4 heteroatoms. The highest BCUT2D eigenvalue weighted by Crippen LogP contribution is 2.18. The third kappa shape index (κ3) is 4.58. The monoisotopic (exact) mass is 298 g/mol. The van der Waals surface area contributed by atoms with Crippen LogP contribution in [0.4, 0.5) is 0 Å². The highest BCUT2D eigenvalue weighted by atomic mass is 16.5. The molecule has 22 heavy (non-hydrogen) atoms. The lowest BCUT2D eigenvalue weighted by atomic mass is 9.97. The fourth-order valence-corrected chi connectivity index (χ4v) is 2.27. The Morgan fingerprint density at radius 1 is 1.23 bits per heavy atom. The first-order valence-corrected chi connectivity index (χ1v) is 7.59. The summed E-state index contributed by atoms with van der Waals surface area (Å²) in [7, 11) is 0. The fraction of sp³-hybridized carbons (Fsp3) is 0.333. The summed E-state index contributed by atoms with van der Waals surface area (Å²) in [6.07, 6.45) is 2.15. The Bertz CT molecular complexity index is 599. The molecule has 0 saturated heterocycles. The van der Waals surface area contributed by atoms with Gasteiger partial charge in [-0.3, -0.25) is 4.79 Å². The molecule has 0 radical (unpaired) electrons. The molecule has 0 saturated carbocycles. The zero-order valence-electron chi connectivity index (χ0n) is 13.1. The van der Waals surface area contributed by atoms with Crippen LogP contribution < -0.4 is 10.1 Å². The van der Waals surface area contributed by atoms with E-state index in [0.29, 0.717) is 25.5 Å². The number of hydrogen-bond acceptors (Lipinski definition) is 3. The minimum atomic E-state index is 0.0302. The summed E-state index contributed by atoms with van der Waals surface area (Å²) in [6, 6.07) is 13.8. The molecule has 1 amide bonds. The Morgan fingerprint density at radius 3 is 2.73 bits per heavy atom. The fourth-order valence-electron chi connectivity index (χ4n) is 2.27. The second kappa shape index (κ2) is 8.17. The zero-order valence-corrected chi connectivity index (χ0v) is 13.1. The van der Waals surface area contributed by atoms with Gasteiger partial charge < -0.3 is 10.1 Å². The molecule has 0 aliphatic carbocycles. The van der Waals surface area contributed by atoms with Crippen LogP contribution in [-0.4, -0.2) is 17.5 Å². The molecule has 116 valence electrons. The molecule has 1 heterocycles. The van der Waals surface area contributed by atoms with Crippen molar-refractivity contribution in [2.24, 2.45) is 0 Å². The molecular formula is C18H22N2O2. The van der Waals surface area contributed by atoms with Gasteiger partial charge in [0.1, 0.15) is 0 Å². The van der Waals surface area contributed by atoms with Gasteiger partial charge in [-0.1, -0.05) is 43.3 Å². The van der Waals surface area contributed by atoms with Crippen molar-refractivity contribution < 1.29 is 9.53 Å². The Hall–Kier alpha value is -2.36. The van der Waals surface area contributed by atoms with E-state index in [1.807, 2.05) is 49.4 Å². The molecule has 0 aliphatic rings. The van der Waals surface area contributed by atoms with Crippen molar-refractivity contribution in [2.45, 2.75) is 32.7 Å². The average Bonchev–Trinajstić information content (AvgIpc) is 2.55. The molecule has 1 unspecified atom stereocenters. The second-order valence-corrected chi connectivity index (χ2v) is 5.19. The number of pyridine rings is 1. The number of carbonyl (C=O) groups is 1. The first kappa shape index (κ1) is 16.0. The van der Waals surface area contributed by atoms with Gasteiger partial charge in [0.25, 0.3) is 0 Å². The molecule has 4 nitrogen and oxygen atoms in total. The lowest BCUT2D eigenvalue weighted by molar-refractivity contribution is -0.121. The van der Waals surface area contributed by atoms with Gasteiger partial charge in [0, 0.05) is 24.7 Å². The lowest BCUT2D eigenvalue weighted by Crippen LogP contribution is -2.24. The van der Waals surface area contributed by atoms with Gasteiger partial charge in [-0.05, 0) is 24.5 Å². The first-order valence-electron chi connectivity index (χ1n) is 7.59. The van der Waals surface area contributed by atoms with Crippen LogP contribution in [0.15, 0.2) is 48.7 Å². The van der Waals surface area contributed by atoms with Gasteiger partial charge in [0.05, 0.1) is 6.61 Å². The Kier molecular flexibility index (Phi) is 5.95. The standard InChI is InChI=1S/C18H22N2O2/c1-3-22-18-16(10-7-11-19-18)13-20-17(21)12-14(2)15-8-5-4-6-9-15/h4-11,14H,3,12-13H2,1-2H3,(H,20,21). The molecule has 0 bridgehead atoms. The maximum atomic E-state index is 12.1. The number of hydrogen-bond donors (Lipinski definition) is 1. The van der Waals surface area contributed by atoms with Gasteiger partial charge in [-0.15, -0.1) is 0 Å². The van der Waals surface area contributed by atoms with Crippen LogP contribution in [0.25, 0.3) is 0 Å². The zero-order chi connectivity index (χ0) is 15.8. The Morgan fingerprint density at radius 2 is 2.00 bits per heavy atom. The molecule has 0 fully saturated rings. The van der Waals surface area contributed by atoms with Crippen LogP contribution >= 0.6 is 0 Å². The van der Waals surface area contributed by atoms with Crippen molar-refractivity contribution in [2.75, 3.05) is 6.61 Å². The van der Waals surface area contributed by atoms with Gasteiger partial charge in [0.2, 0.25) is 11.8 Å². The van der Waals surface area contributed by atoms with E-state index in [1.165, 1.54) is 5.56 Å². The van der Waals surface area contributed by atoms with Crippen LogP contribution in [-0.2, 0) is 11.3 Å². The lowest BCUT2D eigenvalue weighted by Gasteiger charge is -2.13. The van der Waals surface area contributed by atoms with E-state index in [9.17, 15) is 4.79 Å². The van der Waals surface area contributed by atoms with E-state index in [2.05, 4.69) is 17.2 Å². The van der Waals surface area contributed by atoms with Gasteiger partial charge in [-0.25, -0.2) is 4.98 Å². The van der Waals surface area contributed by atoms with Crippen LogP contribution in [0.3, 0.4) is 0 Å². The van der Waals surface area contributed by atoms with Crippen molar-refractivity contribution in [1.29, 1.82) is 0 Å². The molecule has 1 aromatic carbocycles. The summed E-state index contributed by atoms with van der Waals surface area (Å²) in [5, 5.41) is 2.94. The number of amides is 1. The highest BCUT2D eigenvalue weighted by Gasteiger charge is 2.12. The molecule has 1 atom stereocenters. The van der Waals surface area contributed by atoms with Crippen molar-refractivity contribution in [3.63, 3.8) is 0 Å². The van der Waals surface area contributed by atoms with Gasteiger partial charge >= 0.3 is 0 Å². The summed E-state index contributed by atoms with van der Waals surface area (Å²) in [4.78, 5) is 16.3. The van der Waals surface area contributed by atoms with Crippen LogP contribution in [0, 0.1) is 0 Å². The largest absolute Gasteiger partial charge is 0.478 e. The molecule has 2 rings (SSSR count). The third-order valence-corrected chi connectivity index (χ3v) is 3.47. The second-order valence-electron chi connectivity index (χ2n) is 5.19. The van der Waals surface area contributed by atoms with Gasteiger partial charge in [-0.2, -0.15) is 0 Å². The highest BCUT2D eigenvalue weighted by molar-refractivity contribution is 5.76. The number of nitrogens with one attached hydrogen (secondary N) is 1. The number of benzene rings is 1. The molecule has 0 aliphatic heterocycles. The Labute approximate surface area is 131 Å². The van der Waals surface area contributed by atoms with Crippen LogP contribution in [0.2, 0.25) is 0 Å². The third-order valence-electron chi connectivity index (χ3n) is 3.47. The van der Waals surface area contributed by atoms with E-state index in [1.54, 1.807) is 6.20 Å². The summed E-state index contributed by atoms with van der Waals surface area (Å²) in [6.45, 7) is 4.97. The van der Waals surface area contributed by atoms with Crippen LogP contribution in [0.5, 0.6) is 5.88 Å². The van der Waals surface area contributed by atoms with E-state index >= 15 is 0 Å². The quantitative estimate of drug-likeness (QED) is 0.853. The smallest absolute Gasteiger partial charge is 0.220 e.